The van der Waals surface area contributed by atoms with Crippen molar-refractivity contribution in [3.05, 3.63) is 23.5 Å². The van der Waals surface area contributed by atoms with Gasteiger partial charge in [-0.05, 0) is 44.7 Å². The minimum absolute atomic E-state index is 0.925. The van der Waals surface area contributed by atoms with Gasteiger partial charge in [0.1, 0.15) is 0 Å². The van der Waals surface area contributed by atoms with E-state index in [0.717, 1.165) is 24.7 Å². The fraction of sp³-hybridized carbons (Fsp3) is 0.722. The quantitative estimate of drug-likeness (QED) is 0.860. The Balaban J connectivity index is 2.10. The number of aryl methyl sites for hydroxylation is 1. The molecule has 21 heavy (non-hydrogen) atoms. The van der Waals surface area contributed by atoms with Gasteiger partial charge in [-0.2, -0.15) is 0 Å². The topological polar surface area (TPSA) is 28.2 Å². The van der Waals surface area contributed by atoms with Gasteiger partial charge in [0.25, 0.3) is 0 Å². The molecule has 0 aliphatic carbocycles. The minimum atomic E-state index is 0.925. The molecule has 1 aliphatic rings. The van der Waals surface area contributed by atoms with Gasteiger partial charge in [0.15, 0.2) is 0 Å². The molecular weight excluding hydrogens is 258 g/mol. The van der Waals surface area contributed by atoms with Gasteiger partial charge in [-0.3, -0.25) is 4.98 Å². The molecule has 0 saturated carbocycles. The molecule has 1 aliphatic heterocycles. The normalized spacial score (nSPS) is 19.6. The molecule has 1 aromatic heterocycles. The second-order valence-corrected chi connectivity index (χ2v) is 6.31. The lowest BCUT2D eigenvalue weighted by atomic mass is 9.96. The van der Waals surface area contributed by atoms with E-state index in [4.69, 9.17) is 0 Å². The Morgan fingerprint density at radius 1 is 1.29 bits per heavy atom. The molecule has 2 rings (SSSR count). The highest BCUT2D eigenvalue weighted by Crippen LogP contribution is 2.28. The highest BCUT2D eigenvalue weighted by Gasteiger charge is 2.18. The molecule has 1 unspecified atom stereocenters. The SMILES string of the molecule is CCCC1CCCN(c2cc(C)ncc2CNCC)CC1. The first-order valence-electron chi connectivity index (χ1n) is 8.65. The molecule has 1 aromatic rings. The summed E-state index contributed by atoms with van der Waals surface area (Å²) in [4.78, 5) is 7.08. The largest absolute Gasteiger partial charge is 0.371 e. The molecule has 0 aromatic carbocycles. The summed E-state index contributed by atoms with van der Waals surface area (Å²) >= 11 is 0. The summed E-state index contributed by atoms with van der Waals surface area (Å²) in [5.41, 5.74) is 3.87. The Labute approximate surface area is 130 Å². The zero-order valence-corrected chi connectivity index (χ0v) is 14.0. The van der Waals surface area contributed by atoms with E-state index in [0.29, 0.717) is 0 Å². The summed E-state index contributed by atoms with van der Waals surface area (Å²) in [5.74, 6) is 0.931. The fourth-order valence-electron chi connectivity index (χ4n) is 3.37. The van der Waals surface area contributed by atoms with Crippen molar-refractivity contribution in [2.75, 3.05) is 24.5 Å². The maximum absolute atomic E-state index is 4.49. The lowest BCUT2D eigenvalue weighted by Gasteiger charge is -2.26. The maximum atomic E-state index is 4.49. The summed E-state index contributed by atoms with van der Waals surface area (Å²) in [7, 11) is 0. The Bertz CT molecular complexity index is 430. The van der Waals surface area contributed by atoms with E-state index >= 15 is 0 Å². The summed E-state index contributed by atoms with van der Waals surface area (Å²) < 4.78 is 0. The van der Waals surface area contributed by atoms with Crippen molar-refractivity contribution in [1.29, 1.82) is 0 Å². The highest BCUT2D eigenvalue weighted by molar-refractivity contribution is 5.53. The van der Waals surface area contributed by atoms with Gasteiger partial charge in [-0.15, -0.1) is 0 Å². The Kier molecular flexibility index (Phi) is 6.50. The molecule has 1 fully saturated rings. The van der Waals surface area contributed by atoms with Crippen LogP contribution < -0.4 is 10.2 Å². The molecule has 3 heteroatoms. The predicted octanol–water partition coefficient (Wildman–Crippen LogP) is 3.91. The number of rotatable bonds is 6. The van der Waals surface area contributed by atoms with Crippen LogP contribution in [0.2, 0.25) is 0 Å². The lowest BCUT2D eigenvalue weighted by Crippen LogP contribution is -2.27. The second kappa shape index (κ2) is 8.38. The standard InChI is InChI=1S/C18H31N3/c1-4-7-16-8-6-10-21(11-9-16)18-12-15(3)20-14-17(18)13-19-5-2/h12,14,16,19H,4-11,13H2,1-3H3. The average molecular weight is 289 g/mol. The number of hydrogen-bond acceptors (Lipinski definition) is 3. The van der Waals surface area contributed by atoms with Crippen molar-refractivity contribution in [3.8, 4) is 0 Å². The number of nitrogens with zero attached hydrogens (tertiary/aromatic N) is 2. The minimum Gasteiger partial charge on any atom is -0.371 e. The fourth-order valence-corrected chi connectivity index (χ4v) is 3.37. The van der Waals surface area contributed by atoms with Crippen molar-refractivity contribution in [3.63, 3.8) is 0 Å². The van der Waals surface area contributed by atoms with E-state index in [1.54, 1.807) is 0 Å². The van der Waals surface area contributed by atoms with Gasteiger partial charge in [0, 0.05) is 42.8 Å². The molecule has 0 bridgehead atoms. The van der Waals surface area contributed by atoms with Crippen molar-refractivity contribution < 1.29 is 0 Å². The van der Waals surface area contributed by atoms with Crippen LogP contribution in [0, 0.1) is 12.8 Å². The Morgan fingerprint density at radius 3 is 2.90 bits per heavy atom. The molecule has 3 nitrogen and oxygen atoms in total. The van der Waals surface area contributed by atoms with Crippen LogP contribution in [0.3, 0.4) is 0 Å². The van der Waals surface area contributed by atoms with E-state index in [2.05, 4.69) is 48.2 Å². The smallest absolute Gasteiger partial charge is 0.0445 e. The Hall–Kier alpha value is -1.09. The monoisotopic (exact) mass is 289 g/mol. The van der Waals surface area contributed by atoms with E-state index in [1.165, 1.54) is 56.4 Å². The number of hydrogen-bond donors (Lipinski definition) is 1. The first-order valence-corrected chi connectivity index (χ1v) is 8.65. The molecule has 2 heterocycles. The van der Waals surface area contributed by atoms with Crippen LogP contribution in [-0.2, 0) is 6.54 Å². The van der Waals surface area contributed by atoms with Crippen LogP contribution in [0.15, 0.2) is 12.3 Å². The number of anilines is 1. The highest BCUT2D eigenvalue weighted by atomic mass is 15.1. The number of pyridine rings is 1. The van der Waals surface area contributed by atoms with Crippen LogP contribution in [0.4, 0.5) is 5.69 Å². The van der Waals surface area contributed by atoms with Crippen molar-refractivity contribution >= 4 is 5.69 Å². The van der Waals surface area contributed by atoms with E-state index in [9.17, 15) is 0 Å². The predicted molar refractivity (Wildman–Crippen MR) is 90.8 cm³/mol. The molecule has 1 saturated heterocycles. The van der Waals surface area contributed by atoms with Crippen molar-refractivity contribution in [2.45, 2.75) is 59.4 Å². The molecule has 1 N–H and O–H groups in total. The second-order valence-electron chi connectivity index (χ2n) is 6.31. The molecule has 0 radical (unpaired) electrons. The van der Waals surface area contributed by atoms with Gasteiger partial charge in [0.05, 0.1) is 0 Å². The number of nitrogens with one attached hydrogen (secondary N) is 1. The van der Waals surface area contributed by atoms with E-state index < -0.39 is 0 Å². The van der Waals surface area contributed by atoms with Crippen molar-refractivity contribution in [1.82, 2.24) is 10.3 Å². The van der Waals surface area contributed by atoms with Crippen molar-refractivity contribution in [2.24, 2.45) is 5.92 Å². The molecule has 118 valence electrons. The van der Waals surface area contributed by atoms with Gasteiger partial charge >= 0.3 is 0 Å². The third kappa shape index (κ3) is 4.70. The zero-order valence-electron chi connectivity index (χ0n) is 14.0. The molecule has 0 spiro atoms. The van der Waals surface area contributed by atoms with Crippen LogP contribution in [-0.4, -0.2) is 24.6 Å². The van der Waals surface area contributed by atoms with Crippen LogP contribution >= 0.6 is 0 Å². The Morgan fingerprint density at radius 2 is 2.14 bits per heavy atom. The van der Waals surface area contributed by atoms with Gasteiger partial charge in [-0.25, -0.2) is 0 Å². The van der Waals surface area contributed by atoms with Crippen LogP contribution in [0.5, 0.6) is 0 Å². The van der Waals surface area contributed by atoms with E-state index in [-0.39, 0.29) is 0 Å². The summed E-state index contributed by atoms with van der Waals surface area (Å²) in [6.07, 6.45) is 8.85. The van der Waals surface area contributed by atoms with Gasteiger partial charge in [-0.1, -0.05) is 26.7 Å². The summed E-state index contributed by atoms with van der Waals surface area (Å²) in [6, 6.07) is 2.27. The van der Waals surface area contributed by atoms with E-state index in [1.807, 2.05) is 0 Å². The third-order valence-electron chi connectivity index (χ3n) is 4.55. The first kappa shape index (κ1) is 16.3. The number of aromatic nitrogens is 1. The van der Waals surface area contributed by atoms with Gasteiger partial charge in [0.2, 0.25) is 0 Å². The molecule has 0 amide bonds. The average Bonchev–Trinajstić information content (AvgIpc) is 2.72. The zero-order chi connectivity index (χ0) is 15.1. The molecular formula is C18H31N3. The maximum Gasteiger partial charge on any atom is 0.0445 e. The lowest BCUT2D eigenvalue weighted by molar-refractivity contribution is 0.435. The van der Waals surface area contributed by atoms with Crippen LogP contribution in [0.1, 0.15) is 57.2 Å². The first-order chi connectivity index (χ1) is 10.2. The summed E-state index contributed by atoms with van der Waals surface area (Å²) in [5, 5.41) is 3.44. The van der Waals surface area contributed by atoms with Gasteiger partial charge < -0.3 is 10.2 Å². The molecule has 1 atom stereocenters. The van der Waals surface area contributed by atoms with Crippen LogP contribution in [0.25, 0.3) is 0 Å². The third-order valence-corrected chi connectivity index (χ3v) is 4.55. The summed E-state index contributed by atoms with van der Waals surface area (Å²) in [6.45, 7) is 10.9.